The SMILES string of the molecule is CNC(=O)C(C)(C)CNCCS(C)(=O)=O. The molecule has 0 aromatic carbocycles. The maximum absolute atomic E-state index is 11.4. The first-order valence-corrected chi connectivity index (χ1v) is 6.86. The molecule has 0 rings (SSSR count). The van der Waals surface area contributed by atoms with Crippen LogP contribution in [0.3, 0.4) is 0 Å². The number of nitrogens with one attached hydrogen (secondary N) is 2. The van der Waals surface area contributed by atoms with Gasteiger partial charge in [-0.2, -0.15) is 0 Å². The van der Waals surface area contributed by atoms with Gasteiger partial charge < -0.3 is 10.6 Å². The summed E-state index contributed by atoms with van der Waals surface area (Å²) in [6.07, 6.45) is 1.19. The lowest BCUT2D eigenvalue weighted by molar-refractivity contribution is -0.128. The summed E-state index contributed by atoms with van der Waals surface area (Å²) in [6.45, 7) is 4.44. The first kappa shape index (κ1) is 14.4. The van der Waals surface area contributed by atoms with Crippen molar-refractivity contribution in [3.8, 4) is 0 Å². The summed E-state index contributed by atoms with van der Waals surface area (Å²) in [5.41, 5.74) is -0.522. The maximum Gasteiger partial charge on any atom is 0.226 e. The molecule has 5 nitrogen and oxygen atoms in total. The van der Waals surface area contributed by atoms with Crippen LogP contribution in [0.4, 0.5) is 0 Å². The van der Waals surface area contributed by atoms with Crippen LogP contribution in [-0.4, -0.2) is 46.5 Å². The first-order chi connectivity index (χ1) is 6.69. The second-order valence-corrected chi connectivity index (χ2v) is 6.53. The summed E-state index contributed by atoms with van der Waals surface area (Å²) in [4.78, 5) is 11.4. The van der Waals surface area contributed by atoms with Crippen molar-refractivity contribution >= 4 is 15.7 Å². The smallest absolute Gasteiger partial charge is 0.226 e. The minimum atomic E-state index is -2.93. The first-order valence-electron chi connectivity index (χ1n) is 4.80. The maximum atomic E-state index is 11.4. The molecule has 0 aliphatic carbocycles. The Morgan fingerprint density at radius 3 is 2.27 bits per heavy atom. The van der Waals surface area contributed by atoms with Crippen LogP contribution < -0.4 is 10.6 Å². The molecule has 0 atom stereocenters. The third kappa shape index (κ3) is 6.46. The Morgan fingerprint density at radius 1 is 1.33 bits per heavy atom. The Hall–Kier alpha value is -0.620. The molecule has 15 heavy (non-hydrogen) atoms. The van der Waals surface area contributed by atoms with E-state index in [1.54, 1.807) is 20.9 Å². The number of rotatable bonds is 6. The van der Waals surface area contributed by atoms with Crippen LogP contribution in [0.15, 0.2) is 0 Å². The van der Waals surface area contributed by atoms with Crippen molar-refractivity contribution < 1.29 is 13.2 Å². The van der Waals surface area contributed by atoms with E-state index in [1.807, 2.05) is 0 Å². The summed E-state index contributed by atoms with van der Waals surface area (Å²) in [7, 11) is -1.35. The van der Waals surface area contributed by atoms with Crippen LogP contribution in [0, 0.1) is 5.41 Å². The Balaban J connectivity index is 3.91. The van der Waals surface area contributed by atoms with Crippen molar-refractivity contribution in [2.24, 2.45) is 5.41 Å². The molecule has 0 saturated heterocycles. The van der Waals surface area contributed by atoms with E-state index in [-0.39, 0.29) is 11.7 Å². The second-order valence-electron chi connectivity index (χ2n) is 4.27. The fourth-order valence-corrected chi connectivity index (χ4v) is 1.59. The Kier molecular flexibility index (Phi) is 5.23. The van der Waals surface area contributed by atoms with Gasteiger partial charge >= 0.3 is 0 Å². The number of carbonyl (C=O) groups is 1. The van der Waals surface area contributed by atoms with Gasteiger partial charge in [-0.1, -0.05) is 0 Å². The lowest BCUT2D eigenvalue weighted by Crippen LogP contribution is -2.42. The number of sulfone groups is 1. The van der Waals surface area contributed by atoms with Gasteiger partial charge in [0.15, 0.2) is 0 Å². The van der Waals surface area contributed by atoms with Crippen molar-refractivity contribution in [3.63, 3.8) is 0 Å². The zero-order chi connectivity index (χ0) is 12.1. The van der Waals surface area contributed by atoms with E-state index in [2.05, 4.69) is 10.6 Å². The molecule has 2 N–H and O–H groups in total. The van der Waals surface area contributed by atoms with E-state index in [4.69, 9.17) is 0 Å². The van der Waals surface area contributed by atoms with E-state index >= 15 is 0 Å². The standard InChI is InChI=1S/C9H20N2O3S/c1-9(2,8(12)10-3)7-11-5-6-15(4,13)14/h11H,5-7H2,1-4H3,(H,10,12). The van der Waals surface area contributed by atoms with Gasteiger partial charge in [0.1, 0.15) is 9.84 Å². The zero-order valence-electron chi connectivity index (χ0n) is 9.75. The van der Waals surface area contributed by atoms with Crippen molar-refractivity contribution in [2.45, 2.75) is 13.8 Å². The van der Waals surface area contributed by atoms with Crippen molar-refractivity contribution in [3.05, 3.63) is 0 Å². The predicted octanol–water partition coefficient (Wildman–Crippen LogP) is -0.607. The third-order valence-electron chi connectivity index (χ3n) is 2.06. The highest BCUT2D eigenvalue weighted by Crippen LogP contribution is 2.12. The minimum absolute atomic E-state index is 0.0608. The van der Waals surface area contributed by atoms with Crippen LogP contribution in [0.2, 0.25) is 0 Å². The second kappa shape index (κ2) is 5.46. The highest BCUT2D eigenvalue weighted by molar-refractivity contribution is 7.90. The molecule has 0 aromatic heterocycles. The Morgan fingerprint density at radius 2 is 1.87 bits per heavy atom. The van der Waals surface area contributed by atoms with Gasteiger partial charge in [-0.15, -0.1) is 0 Å². The number of carbonyl (C=O) groups excluding carboxylic acids is 1. The molecule has 0 aliphatic rings. The van der Waals surface area contributed by atoms with Gasteiger partial charge in [0.05, 0.1) is 11.2 Å². The molecule has 0 heterocycles. The fraction of sp³-hybridized carbons (Fsp3) is 0.889. The fourth-order valence-electron chi connectivity index (χ4n) is 1.08. The molecule has 0 saturated carbocycles. The van der Waals surface area contributed by atoms with E-state index < -0.39 is 15.3 Å². The number of hydrogen-bond donors (Lipinski definition) is 2. The van der Waals surface area contributed by atoms with Crippen LogP contribution in [0.5, 0.6) is 0 Å². The van der Waals surface area contributed by atoms with Gasteiger partial charge in [0.2, 0.25) is 5.91 Å². The van der Waals surface area contributed by atoms with Crippen LogP contribution >= 0.6 is 0 Å². The van der Waals surface area contributed by atoms with Gasteiger partial charge in [-0.05, 0) is 13.8 Å². The van der Waals surface area contributed by atoms with E-state index in [9.17, 15) is 13.2 Å². The third-order valence-corrected chi connectivity index (χ3v) is 3.00. The van der Waals surface area contributed by atoms with Gasteiger partial charge in [0.25, 0.3) is 0 Å². The molecule has 0 bridgehead atoms. The minimum Gasteiger partial charge on any atom is -0.359 e. The average Bonchev–Trinajstić information content (AvgIpc) is 2.09. The summed E-state index contributed by atoms with van der Waals surface area (Å²) < 4.78 is 21.7. The molecule has 0 fully saturated rings. The largest absolute Gasteiger partial charge is 0.359 e. The number of amides is 1. The van der Waals surface area contributed by atoms with Gasteiger partial charge in [0, 0.05) is 26.4 Å². The van der Waals surface area contributed by atoms with Crippen LogP contribution in [-0.2, 0) is 14.6 Å². The zero-order valence-corrected chi connectivity index (χ0v) is 10.6. The molecule has 0 radical (unpaired) electrons. The van der Waals surface area contributed by atoms with E-state index in [0.29, 0.717) is 13.1 Å². The number of hydrogen-bond acceptors (Lipinski definition) is 4. The molecular weight excluding hydrogens is 216 g/mol. The Bertz CT molecular complexity index is 309. The average molecular weight is 236 g/mol. The van der Waals surface area contributed by atoms with E-state index in [0.717, 1.165) is 0 Å². The van der Waals surface area contributed by atoms with E-state index in [1.165, 1.54) is 6.26 Å². The molecule has 0 spiro atoms. The summed E-state index contributed by atoms with van der Waals surface area (Å²) in [5, 5.41) is 5.52. The summed E-state index contributed by atoms with van der Waals surface area (Å²) in [6, 6.07) is 0. The molecular formula is C9H20N2O3S. The molecule has 0 aromatic rings. The van der Waals surface area contributed by atoms with Gasteiger partial charge in [-0.3, -0.25) is 4.79 Å². The summed E-state index contributed by atoms with van der Waals surface area (Å²) in [5.74, 6) is 0.0333. The summed E-state index contributed by atoms with van der Waals surface area (Å²) >= 11 is 0. The predicted molar refractivity (Wildman–Crippen MR) is 60.4 cm³/mol. The lowest BCUT2D eigenvalue weighted by atomic mass is 9.92. The quantitative estimate of drug-likeness (QED) is 0.603. The highest BCUT2D eigenvalue weighted by Gasteiger charge is 2.25. The Labute approximate surface area is 91.5 Å². The van der Waals surface area contributed by atoms with Crippen molar-refractivity contribution in [2.75, 3.05) is 32.1 Å². The lowest BCUT2D eigenvalue weighted by Gasteiger charge is -2.22. The molecule has 0 unspecified atom stereocenters. The van der Waals surface area contributed by atoms with Crippen molar-refractivity contribution in [1.29, 1.82) is 0 Å². The van der Waals surface area contributed by atoms with Gasteiger partial charge in [-0.25, -0.2) is 8.42 Å². The molecule has 1 amide bonds. The normalized spacial score (nSPS) is 12.5. The highest BCUT2D eigenvalue weighted by atomic mass is 32.2. The topological polar surface area (TPSA) is 75.3 Å². The monoisotopic (exact) mass is 236 g/mol. The molecule has 90 valence electrons. The molecule has 6 heteroatoms. The molecule has 0 aliphatic heterocycles. The van der Waals surface area contributed by atoms with Crippen LogP contribution in [0.25, 0.3) is 0 Å². The van der Waals surface area contributed by atoms with Crippen molar-refractivity contribution in [1.82, 2.24) is 10.6 Å². The van der Waals surface area contributed by atoms with Crippen LogP contribution in [0.1, 0.15) is 13.8 Å².